The predicted octanol–water partition coefficient (Wildman–Crippen LogP) is 13.6. The van der Waals surface area contributed by atoms with Gasteiger partial charge in [0.2, 0.25) is 0 Å². The molecule has 0 aromatic heterocycles. The molecule has 0 aromatic rings. The van der Waals surface area contributed by atoms with Gasteiger partial charge in [0.1, 0.15) is 0 Å². The van der Waals surface area contributed by atoms with Crippen molar-refractivity contribution >= 4 is 0 Å². The summed E-state index contributed by atoms with van der Waals surface area (Å²) in [6.07, 6.45) is 11.2. The van der Waals surface area contributed by atoms with Crippen molar-refractivity contribution in [3.05, 3.63) is 0 Å². The summed E-state index contributed by atoms with van der Waals surface area (Å²) in [6.45, 7) is 38.2. The molecular formula is C36H80. The van der Waals surface area contributed by atoms with Crippen LogP contribution in [0.4, 0.5) is 0 Å². The molecule has 0 radical (unpaired) electrons. The third kappa shape index (κ3) is 23.1. The Balaban J connectivity index is -0.000000269. The monoisotopic (exact) mass is 513 g/mol. The zero-order chi connectivity index (χ0) is 27.3. The van der Waals surface area contributed by atoms with E-state index in [9.17, 15) is 0 Å². The highest BCUT2D eigenvalue weighted by Gasteiger charge is 2.34. The van der Waals surface area contributed by atoms with Crippen molar-refractivity contribution in [3.63, 3.8) is 0 Å². The smallest absolute Gasteiger partial charge is 0.0288 e. The Morgan fingerprint density at radius 1 is 0.250 bits per heavy atom. The third-order valence-electron chi connectivity index (χ3n) is 6.73. The van der Waals surface area contributed by atoms with Gasteiger partial charge in [-0.3, -0.25) is 0 Å². The van der Waals surface area contributed by atoms with Gasteiger partial charge in [0.25, 0.3) is 0 Å². The molecule has 0 spiro atoms. The molecule has 0 fully saturated rings. The molecule has 0 aromatic carbocycles. The fourth-order valence-corrected chi connectivity index (χ4v) is 7.93. The minimum atomic E-state index is 0. The minimum Gasteiger partial charge on any atom is -0.0776 e. The van der Waals surface area contributed by atoms with Crippen molar-refractivity contribution in [2.75, 3.05) is 0 Å². The van der Waals surface area contributed by atoms with E-state index in [1.54, 1.807) is 0 Å². The molecule has 0 amide bonds. The highest BCUT2D eigenvalue weighted by atomic mass is 14.4. The molecule has 0 rings (SSSR count). The second-order valence-corrected chi connectivity index (χ2v) is 15.8. The van der Waals surface area contributed by atoms with Gasteiger partial charge < -0.3 is 0 Å². The van der Waals surface area contributed by atoms with Gasteiger partial charge in [-0.25, -0.2) is 0 Å². The van der Waals surface area contributed by atoms with Crippen molar-refractivity contribution in [3.8, 4) is 0 Å². The first-order valence-corrected chi connectivity index (χ1v) is 15.3. The quantitative estimate of drug-likeness (QED) is 0.193. The SMILES string of the molecule is C.C.CC(C)CC(CC(C)C)(CC(C)C)CC(C)C.CC(C)CC(CC(C)C)(CC(C)C)CC(C)C. The maximum absolute atomic E-state index is 2.38. The lowest BCUT2D eigenvalue weighted by Gasteiger charge is -2.40. The maximum atomic E-state index is 2.38. The number of hydrogen-bond donors (Lipinski definition) is 0. The van der Waals surface area contributed by atoms with Crippen LogP contribution < -0.4 is 0 Å². The average molecular weight is 513 g/mol. The summed E-state index contributed by atoms with van der Waals surface area (Å²) >= 11 is 0. The molecule has 224 valence electrons. The summed E-state index contributed by atoms with van der Waals surface area (Å²) in [5.41, 5.74) is 1.18. The first kappa shape index (κ1) is 43.1. The van der Waals surface area contributed by atoms with Crippen LogP contribution in [0.3, 0.4) is 0 Å². The van der Waals surface area contributed by atoms with Crippen LogP contribution in [0.25, 0.3) is 0 Å². The van der Waals surface area contributed by atoms with E-state index < -0.39 is 0 Å². The summed E-state index contributed by atoms with van der Waals surface area (Å²) in [6, 6.07) is 0. The van der Waals surface area contributed by atoms with Crippen LogP contribution >= 0.6 is 0 Å². The number of rotatable bonds is 16. The van der Waals surface area contributed by atoms with Gasteiger partial charge in [-0.1, -0.05) is 126 Å². The van der Waals surface area contributed by atoms with E-state index in [1.807, 2.05) is 0 Å². The summed E-state index contributed by atoms with van der Waals surface area (Å²) in [4.78, 5) is 0. The first-order chi connectivity index (χ1) is 15.3. The van der Waals surface area contributed by atoms with Crippen LogP contribution in [0, 0.1) is 58.2 Å². The van der Waals surface area contributed by atoms with E-state index in [-0.39, 0.29) is 14.9 Å². The van der Waals surface area contributed by atoms with Gasteiger partial charge in [0.05, 0.1) is 0 Å². The first-order valence-electron chi connectivity index (χ1n) is 15.3. The number of hydrogen-bond acceptors (Lipinski definition) is 0. The standard InChI is InChI=1S/2C17H36.2CH4/c2*1-13(2)9-17(10-14(3)4,11-15(5)6)12-16(7)8;;/h2*13-16H,9-12H2,1-8H3;2*1H4. The fraction of sp³-hybridized carbons (Fsp3) is 1.00. The lowest BCUT2D eigenvalue weighted by Crippen LogP contribution is -2.29. The Hall–Kier alpha value is 0. The highest BCUT2D eigenvalue weighted by molar-refractivity contribution is 4.85. The predicted molar refractivity (Wildman–Crippen MR) is 174 cm³/mol. The normalized spacial score (nSPS) is 12.7. The lowest BCUT2D eigenvalue weighted by atomic mass is 9.65. The Kier molecular flexibility index (Phi) is 25.0. The molecule has 0 aliphatic carbocycles. The molecular weight excluding hydrogens is 432 g/mol. The summed E-state index contributed by atoms with van der Waals surface area (Å²) in [5.74, 6) is 6.60. The zero-order valence-electron chi connectivity index (χ0n) is 27.3. The van der Waals surface area contributed by atoms with E-state index in [2.05, 4.69) is 111 Å². The van der Waals surface area contributed by atoms with Gasteiger partial charge in [-0.2, -0.15) is 0 Å². The molecule has 0 saturated carbocycles. The van der Waals surface area contributed by atoms with Crippen molar-refractivity contribution in [2.24, 2.45) is 58.2 Å². The Morgan fingerprint density at radius 3 is 0.389 bits per heavy atom. The second-order valence-electron chi connectivity index (χ2n) is 15.8. The molecule has 0 heterocycles. The van der Waals surface area contributed by atoms with E-state index in [1.165, 1.54) is 51.4 Å². The van der Waals surface area contributed by atoms with E-state index in [4.69, 9.17) is 0 Å². The van der Waals surface area contributed by atoms with E-state index in [0.717, 1.165) is 47.3 Å². The van der Waals surface area contributed by atoms with Crippen molar-refractivity contribution in [2.45, 2.75) is 177 Å². The van der Waals surface area contributed by atoms with Crippen molar-refractivity contribution in [1.29, 1.82) is 0 Å². The minimum absolute atomic E-state index is 0. The zero-order valence-corrected chi connectivity index (χ0v) is 27.3. The third-order valence-corrected chi connectivity index (χ3v) is 6.73. The fourth-order valence-electron chi connectivity index (χ4n) is 7.93. The van der Waals surface area contributed by atoms with Crippen LogP contribution in [0.15, 0.2) is 0 Å². The summed E-state index contributed by atoms with van der Waals surface area (Å²) in [7, 11) is 0. The molecule has 0 N–H and O–H groups in total. The second kappa shape index (κ2) is 20.9. The van der Waals surface area contributed by atoms with Gasteiger partial charge in [-0.05, 0) is 110 Å². The van der Waals surface area contributed by atoms with Crippen LogP contribution in [0.2, 0.25) is 0 Å². The van der Waals surface area contributed by atoms with Gasteiger partial charge in [0, 0.05) is 0 Å². The molecule has 0 aliphatic heterocycles. The van der Waals surface area contributed by atoms with Crippen LogP contribution in [-0.4, -0.2) is 0 Å². The van der Waals surface area contributed by atoms with E-state index in [0.29, 0.717) is 10.8 Å². The summed E-state index contributed by atoms with van der Waals surface area (Å²) < 4.78 is 0. The summed E-state index contributed by atoms with van der Waals surface area (Å²) in [5, 5.41) is 0. The molecule has 0 nitrogen and oxygen atoms in total. The Morgan fingerprint density at radius 2 is 0.333 bits per heavy atom. The Bertz CT molecular complexity index is 325. The lowest BCUT2D eigenvalue weighted by molar-refractivity contribution is 0.111. The highest BCUT2D eigenvalue weighted by Crippen LogP contribution is 2.45. The van der Waals surface area contributed by atoms with Gasteiger partial charge in [-0.15, -0.1) is 0 Å². The molecule has 0 atom stereocenters. The molecule has 0 heteroatoms. The molecule has 0 unspecified atom stereocenters. The van der Waals surface area contributed by atoms with E-state index >= 15 is 0 Å². The molecule has 0 aliphatic rings. The molecule has 0 saturated heterocycles. The Labute approximate surface area is 235 Å². The molecule has 0 bridgehead atoms. The van der Waals surface area contributed by atoms with Gasteiger partial charge >= 0.3 is 0 Å². The average Bonchev–Trinajstić information content (AvgIpc) is 2.48. The largest absolute Gasteiger partial charge is 0.0776 e. The van der Waals surface area contributed by atoms with Crippen LogP contribution in [-0.2, 0) is 0 Å². The van der Waals surface area contributed by atoms with Crippen molar-refractivity contribution in [1.82, 2.24) is 0 Å². The van der Waals surface area contributed by atoms with Crippen LogP contribution in [0.5, 0.6) is 0 Å². The topological polar surface area (TPSA) is 0 Å². The van der Waals surface area contributed by atoms with Gasteiger partial charge in [0.15, 0.2) is 0 Å². The molecule has 36 heavy (non-hydrogen) atoms. The van der Waals surface area contributed by atoms with Crippen LogP contribution in [0.1, 0.15) is 177 Å². The maximum Gasteiger partial charge on any atom is -0.0288 e. The van der Waals surface area contributed by atoms with Crippen molar-refractivity contribution < 1.29 is 0 Å².